The number of likely N-dealkylation sites (N-methyl/N-ethyl adjacent to an activating group) is 1. The van der Waals surface area contributed by atoms with Crippen molar-refractivity contribution < 1.29 is 18.0 Å². The smallest absolute Gasteiger partial charge is 0.245 e. The normalized spacial score (nSPS) is 19.4. The Hall–Kier alpha value is -2.00. The fourth-order valence-corrected chi connectivity index (χ4v) is 4.00. The molecule has 1 unspecified atom stereocenters. The Balaban J connectivity index is 2.39. The highest BCUT2D eigenvalue weighted by molar-refractivity contribution is 7.89. The molecule has 1 atom stereocenters. The van der Waals surface area contributed by atoms with Crippen LogP contribution in [0.25, 0.3) is 0 Å². The first-order valence-corrected chi connectivity index (χ1v) is 8.57. The molecule has 9 heteroatoms. The number of rotatable bonds is 3. The minimum Gasteiger partial charge on any atom is -0.347 e. The maximum Gasteiger partial charge on any atom is 0.245 e. The SMILES string of the molecule is CC(=O)N1CCN(S(=O)(=O)c2cccnc2)C(C(=O)N(C)C)C1. The predicted molar refractivity (Wildman–Crippen MR) is 82.9 cm³/mol. The molecule has 1 fully saturated rings. The van der Waals surface area contributed by atoms with E-state index in [9.17, 15) is 18.0 Å². The van der Waals surface area contributed by atoms with E-state index >= 15 is 0 Å². The number of aromatic nitrogens is 1. The molecule has 0 bridgehead atoms. The number of nitrogens with zero attached hydrogens (tertiary/aromatic N) is 4. The molecule has 23 heavy (non-hydrogen) atoms. The molecule has 2 rings (SSSR count). The number of carbonyl (C=O) groups is 2. The van der Waals surface area contributed by atoms with Crippen LogP contribution in [-0.2, 0) is 19.6 Å². The van der Waals surface area contributed by atoms with Crippen LogP contribution in [-0.4, -0.2) is 79.1 Å². The molecule has 1 aromatic rings. The average Bonchev–Trinajstić information content (AvgIpc) is 2.54. The maximum absolute atomic E-state index is 12.8. The van der Waals surface area contributed by atoms with Gasteiger partial charge in [-0.05, 0) is 12.1 Å². The molecule has 1 saturated heterocycles. The van der Waals surface area contributed by atoms with Crippen molar-refractivity contribution in [2.45, 2.75) is 17.9 Å². The van der Waals surface area contributed by atoms with Crippen LogP contribution < -0.4 is 0 Å². The molecule has 0 saturated carbocycles. The highest BCUT2D eigenvalue weighted by atomic mass is 32.2. The zero-order valence-electron chi connectivity index (χ0n) is 13.3. The summed E-state index contributed by atoms with van der Waals surface area (Å²) in [6.07, 6.45) is 2.74. The van der Waals surface area contributed by atoms with Crippen molar-refractivity contribution in [3.05, 3.63) is 24.5 Å². The number of sulfonamides is 1. The van der Waals surface area contributed by atoms with E-state index in [4.69, 9.17) is 0 Å². The van der Waals surface area contributed by atoms with Gasteiger partial charge in [0.2, 0.25) is 21.8 Å². The Morgan fingerprint density at radius 1 is 1.30 bits per heavy atom. The first kappa shape index (κ1) is 17.4. The zero-order chi connectivity index (χ0) is 17.2. The minimum absolute atomic E-state index is 0.0350. The van der Waals surface area contributed by atoms with Gasteiger partial charge in [0.15, 0.2) is 0 Å². The number of hydrogen-bond donors (Lipinski definition) is 0. The molecule has 8 nitrogen and oxygen atoms in total. The fraction of sp³-hybridized carbons (Fsp3) is 0.500. The van der Waals surface area contributed by atoms with Crippen LogP contribution in [0.1, 0.15) is 6.92 Å². The first-order valence-electron chi connectivity index (χ1n) is 7.13. The van der Waals surface area contributed by atoms with Crippen LogP contribution in [0.4, 0.5) is 0 Å². The van der Waals surface area contributed by atoms with Gasteiger partial charge >= 0.3 is 0 Å². The van der Waals surface area contributed by atoms with Crippen molar-refractivity contribution in [3.63, 3.8) is 0 Å². The summed E-state index contributed by atoms with van der Waals surface area (Å²) < 4.78 is 26.8. The third-order valence-corrected chi connectivity index (χ3v) is 5.64. The van der Waals surface area contributed by atoms with Crippen LogP contribution in [0, 0.1) is 0 Å². The lowest BCUT2D eigenvalue weighted by molar-refractivity contribution is -0.138. The van der Waals surface area contributed by atoms with Gasteiger partial charge in [-0.15, -0.1) is 0 Å². The van der Waals surface area contributed by atoms with Gasteiger partial charge in [0, 0.05) is 53.0 Å². The van der Waals surface area contributed by atoms with Gasteiger partial charge < -0.3 is 9.80 Å². The lowest BCUT2D eigenvalue weighted by Crippen LogP contribution is -2.60. The summed E-state index contributed by atoms with van der Waals surface area (Å²) in [6.45, 7) is 1.78. The van der Waals surface area contributed by atoms with Gasteiger partial charge in [0.05, 0.1) is 0 Å². The van der Waals surface area contributed by atoms with E-state index in [-0.39, 0.29) is 36.3 Å². The summed E-state index contributed by atoms with van der Waals surface area (Å²) in [5, 5.41) is 0. The molecule has 0 aliphatic carbocycles. The molecular formula is C14H20N4O4S. The van der Waals surface area contributed by atoms with Gasteiger partial charge in [-0.2, -0.15) is 4.31 Å². The lowest BCUT2D eigenvalue weighted by Gasteiger charge is -2.40. The van der Waals surface area contributed by atoms with E-state index in [0.29, 0.717) is 0 Å². The molecule has 1 aliphatic rings. The Kier molecular flexibility index (Phi) is 5.00. The fourth-order valence-electron chi connectivity index (χ4n) is 2.47. The predicted octanol–water partition coefficient (Wildman–Crippen LogP) is -0.609. The summed E-state index contributed by atoms with van der Waals surface area (Å²) in [5.74, 6) is -0.539. The molecule has 126 valence electrons. The molecule has 0 radical (unpaired) electrons. The minimum atomic E-state index is -3.85. The molecular weight excluding hydrogens is 320 g/mol. The number of carbonyl (C=O) groups excluding carboxylic acids is 2. The van der Waals surface area contributed by atoms with Crippen molar-refractivity contribution in [3.8, 4) is 0 Å². The Morgan fingerprint density at radius 3 is 2.52 bits per heavy atom. The molecule has 1 aromatic heterocycles. The van der Waals surface area contributed by atoms with Gasteiger partial charge in [-0.3, -0.25) is 14.6 Å². The Morgan fingerprint density at radius 2 is 2.00 bits per heavy atom. The third-order valence-electron chi connectivity index (χ3n) is 3.74. The summed E-state index contributed by atoms with van der Waals surface area (Å²) >= 11 is 0. The molecule has 2 heterocycles. The number of piperazine rings is 1. The second kappa shape index (κ2) is 6.63. The number of pyridine rings is 1. The Bertz CT molecular complexity index is 690. The van der Waals surface area contributed by atoms with Crippen LogP contribution >= 0.6 is 0 Å². The monoisotopic (exact) mass is 340 g/mol. The maximum atomic E-state index is 12.8. The van der Waals surface area contributed by atoms with E-state index in [1.54, 1.807) is 14.1 Å². The quantitative estimate of drug-likeness (QED) is 0.732. The molecule has 2 amide bonds. The van der Waals surface area contributed by atoms with Gasteiger partial charge in [0.25, 0.3) is 0 Å². The van der Waals surface area contributed by atoms with Crippen LogP contribution in [0.5, 0.6) is 0 Å². The van der Waals surface area contributed by atoms with Crippen molar-refractivity contribution >= 4 is 21.8 Å². The van der Waals surface area contributed by atoms with Gasteiger partial charge in [-0.25, -0.2) is 8.42 Å². The van der Waals surface area contributed by atoms with Gasteiger partial charge in [0.1, 0.15) is 10.9 Å². The Labute approximate surface area is 135 Å². The highest BCUT2D eigenvalue weighted by Crippen LogP contribution is 2.22. The zero-order valence-corrected chi connectivity index (χ0v) is 14.2. The number of hydrogen-bond acceptors (Lipinski definition) is 5. The van der Waals surface area contributed by atoms with Crippen LogP contribution in [0.3, 0.4) is 0 Å². The standard InChI is InChI=1S/C14H20N4O4S/c1-11(19)17-7-8-18(13(10-17)14(20)16(2)3)23(21,22)12-5-4-6-15-9-12/h4-6,9,13H,7-8,10H2,1-3H3. The van der Waals surface area contributed by atoms with E-state index in [1.807, 2.05) is 0 Å². The summed E-state index contributed by atoms with van der Waals surface area (Å²) in [4.78, 5) is 30.7. The van der Waals surface area contributed by atoms with E-state index < -0.39 is 16.1 Å². The number of amides is 2. The molecule has 1 aliphatic heterocycles. The van der Waals surface area contributed by atoms with Gasteiger partial charge in [-0.1, -0.05) is 0 Å². The van der Waals surface area contributed by atoms with Crippen molar-refractivity contribution in [2.24, 2.45) is 0 Å². The first-order chi connectivity index (χ1) is 10.7. The van der Waals surface area contributed by atoms with Crippen molar-refractivity contribution in [1.82, 2.24) is 19.1 Å². The molecule has 0 N–H and O–H groups in total. The third kappa shape index (κ3) is 3.50. The van der Waals surface area contributed by atoms with Crippen LogP contribution in [0.15, 0.2) is 29.4 Å². The van der Waals surface area contributed by atoms with E-state index in [0.717, 1.165) is 4.31 Å². The average molecular weight is 340 g/mol. The summed E-state index contributed by atoms with van der Waals surface area (Å²) in [5.41, 5.74) is 0. The summed E-state index contributed by atoms with van der Waals surface area (Å²) in [6, 6.07) is 2.03. The lowest BCUT2D eigenvalue weighted by atomic mass is 10.2. The highest BCUT2D eigenvalue weighted by Gasteiger charge is 2.41. The van der Waals surface area contributed by atoms with E-state index in [2.05, 4.69) is 4.98 Å². The topological polar surface area (TPSA) is 90.9 Å². The second-order valence-electron chi connectivity index (χ2n) is 5.52. The molecule has 0 aromatic carbocycles. The van der Waals surface area contributed by atoms with Crippen molar-refractivity contribution in [2.75, 3.05) is 33.7 Å². The largest absolute Gasteiger partial charge is 0.347 e. The van der Waals surface area contributed by atoms with E-state index in [1.165, 1.54) is 41.2 Å². The molecule has 0 spiro atoms. The summed E-state index contributed by atoms with van der Waals surface area (Å²) in [7, 11) is -0.735. The van der Waals surface area contributed by atoms with Crippen molar-refractivity contribution in [1.29, 1.82) is 0 Å². The second-order valence-corrected chi connectivity index (χ2v) is 7.41. The van der Waals surface area contributed by atoms with Crippen LogP contribution in [0.2, 0.25) is 0 Å².